The average Bonchev–Trinajstić information content (AvgIpc) is 2.46. The number of rotatable bonds is 5. The summed E-state index contributed by atoms with van der Waals surface area (Å²) in [6, 6.07) is 0. The van der Waals surface area contributed by atoms with E-state index < -0.39 is 0 Å². The van der Waals surface area contributed by atoms with Gasteiger partial charge in [-0.3, -0.25) is 0 Å². The lowest BCUT2D eigenvalue weighted by Crippen LogP contribution is -2.20. The number of methoxy groups -OCH3 is 1. The molecule has 0 aliphatic heterocycles. The van der Waals surface area contributed by atoms with E-state index >= 15 is 0 Å². The molecule has 0 spiro atoms. The molecule has 0 aliphatic rings. The number of aromatic nitrogens is 3. The van der Waals surface area contributed by atoms with Crippen molar-refractivity contribution >= 4 is 0 Å². The van der Waals surface area contributed by atoms with Crippen LogP contribution in [0.2, 0.25) is 0 Å². The highest BCUT2D eigenvalue weighted by Crippen LogP contribution is 1.88. The quantitative estimate of drug-likeness (QED) is 0.608. The van der Waals surface area contributed by atoms with Gasteiger partial charge >= 0.3 is 0 Å². The zero-order chi connectivity index (χ0) is 8.81. The van der Waals surface area contributed by atoms with Crippen LogP contribution in [-0.2, 0) is 18.3 Å². The van der Waals surface area contributed by atoms with Crippen molar-refractivity contribution in [2.75, 3.05) is 20.3 Å². The van der Waals surface area contributed by atoms with Crippen LogP contribution < -0.4 is 5.32 Å². The molecule has 0 bridgehead atoms. The standard InChI is InChI=1S/C7H14N4O/c1-11-6-9-10-7(11)5-8-3-4-12-2/h6,8H,3-5H2,1-2H3. The van der Waals surface area contributed by atoms with Crippen LogP contribution in [0.25, 0.3) is 0 Å². The number of nitrogens with zero attached hydrogens (tertiary/aromatic N) is 3. The first kappa shape index (κ1) is 9.15. The molecule has 5 nitrogen and oxygen atoms in total. The molecular formula is C7H14N4O. The third-order valence-corrected chi connectivity index (χ3v) is 1.57. The van der Waals surface area contributed by atoms with E-state index in [0.29, 0.717) is 0 Å². The minimum atomic E-state index is 0.720. The third-order valence-electron chi connectivity index (χ3n) is 1.57. The molecule has 5 heteroatoms. The molecule has 0 fully saturated rings. The summed E-state index contributed by atoms with van der Waals surface area (Å²) in [5.41, 5.74) is 0. The lowest BCUT2D eigenvalue weighted by atomic mass is 10.5. The maximum atomic E-state index is 4.89. The summed E-state index contributed by atoms with van der Waals surface area (Å²) in [7, 11) is 3.61. The van der Waals surface area contributed by atoms with E-state index in [4.69, 9.17) is 4.74 Å². The summed E-state index contributed by atoms with van der Waals surface area (Å²) in [6.45, 7) is 2.29. The Balaban J connectivity index is 2.20. The lowest BCUT2D eigenvalue weighted by molar-refractivity contribution is 0.199. The van der Waals surface area contributed by atoms with Crippen LogP contribution in [0, 0.1) is 0 Å². The highest BCUT2D eigenvalue weighted by Gasteiger charge is 1.97. The Labute approximate surface area is 71.7 Å². The van der Waals surface area contributed by atoms with Gasteiger partial charge in [0.1, 0.15) is 12.2 Å². The third kappa shape index (κ3) is 2.60. The van der Waals surface area contributed by atoms with Gasteiger partial charge in [-0.25, -0.2) is 0 Å². The van der Waals surface area contributed by atoms with Gasteiger partial charge in [0, 0.05) is 20.7 Å². The Morgan fingerprint density at radius 2 is 2.50 bits per heavy atom. The molecule has 1 N–H and O–H groups in total. The smallest absolute Gasteiger partial charge is 0.146 e. The Morgan fingerprint density at radius 3 is 3.08 bits per heavy atom. The topological polar surface area (TPSA) is 52.0 Å². The molecule has 0 atom stereocenters. The van der Waals surface area contributed by atoms with Crippen molar-refractivity contribution in [3.05, 3.63) is 12.2 Å². The van der Waals surface area contributed by atoms with E-state index in [2.05, 4.69) is 15.5 Å². The van der Waals surface area contributed by atoms with Gasteiger partial charge < -0.3 is 14.6 Å². The fourth-order valence-electron chi connectivity index (χ4n) is 0.842. The number of ether oxygens (including phenoxy) is 1. The number of aryl methyl sites for hydroxylation is 1. The predicted molar refractivity (Wildman–Crippen MR) is 44.6 cm³/mol. The van der Waals surface area contributed by atoms with Crippen LogP contribution in [0.3, 0.4) is 0 Å². The number of nitrogens with one attached hydrogen (secondary N) is 1. The van der Waals surface area contributed by atoms with Crippen LogP contribution >= 0.6 is 0 Å². The van der Waals surface area contributed by atoms with Crippen molar-refractivity contribution in [2.45, 2.75) is 6.54 Å². The van der Waals surface area contributed by atoms with Gasteiger partial charge in [-0.2, -0.15) is 0 Å². The fourth-order valence-corrected chi connectivity index (χ4v) is 0.842. The number of hydrogen-bond donors (Lipinski definition) is 1. The van der Waals surface area contributed by atoms with Gasteiger partial charge in [-0.05, 0) is 0 Å². The van der Waals surface area contributed by atoms with E-state index in [9.17, 15) is 0 Å². The Hall–Kier alpha value is -0.940. The summed E-state index contributed by atoms with van der Waals surface area (Å²) in [5, 5.41) is 10.9. The molecule has 1 heterocycles. The van der Waals surface area contributed by atoms with Crippen molar-refractivity contribution < 1.29 is 4.74 Å². The molecule has 0 saturated heterocycles. The van der Waals surface area contributed by atoms with Gasteiger partial charge in [0.2, 0.25) is 0 Å². The molecule has 1 rings (SSSR count). The molecule has 1 aromatic heterocycles. The molecular weight excluding hydrogens is 156 g/mol. The van der Waals surface area contributed by atoms with Gasteiger partial charge in [-0.15, -0.1) is 10.2 Å². The first-order valence-electron chi connectivity index (χ1n) is 3.87. The molecule has 12 heavy (non-hydrogen) atoms. The molecule has 0 aromatic carbocycles. The largest absolute Gasteiger partial charge is 0.383 e. The van der Waals surface area contributed by atoms with Crippen molar-refractivity contribution in [3.63, 3.8) is 0 Å². The van der Waals surface area contributed by atoms with Crippen molar-refractivity contribution in [3.8, 4) is 0 Å². The second-order valence-electron chi connectivity index (χ2n) is 2.53. The van der Waals surface area contributed by atoms with Crippen LogP contribution in [0.4, 0.5) is 0 Å². The van der Waals surface area contributed by atoms with Gasteiger partial charge in [0.05, 0.1) is 13.2 Å². The predicted octanol–water partition coefficient (Wildman–Crippen LogP) is -0.449. The minimum Gasteiger partial charge on any atom is -0.383 e. The zero-order valence-electron chi connectivity index (χ0n) is 7.45. The molecule has 68 valence electrons. The highest BCUT2D eigenvalue weighted by molar-refractivity contribution is 4.82. The monoisotopic (exact) mass is 170 g/mol. The second-order valence-corrected chi connectivity index (χ2v) is 2.53. The SMILES string of the molecule is COCCNCc1nncn1C. The first-order chi connectivity index (χ1) is 5.84. The normalized spacial score (nSPS) is 10.5. The zero-order valence-corrected chi connectivity index (χ0v) is 7.45. The number of hydrogen-bond acceptors (Lipinski definition) is 4. The minimum absolute atomic E-state index is 0.720. The lowest BCUT2D eigenvalue weighted by Gasteiger charge is -2.02. The Morgan fingerprint density at radius 1 is 1.67 bits per heavy atom. The van der Waals surface area contributed by atoms with Crippen LogP contribution in [-0.4, -0.2) is 35.0 Å². The van der Waals surface area contributed by atoms with E-state index in [1.54, 1.807) is 13.4 Å². The van der Waals surface area contributed by atoms with Crippen LogP contribution in [0.15, 0.2) is 6.33 Å². The van der Waals surface area contributed by atoms with Crippen LogP contribution in [0.1, 0.15) is 5.82 Å². The molecule has 0 amide bonds. The maximum Gasteiger partial charge on any atom is 0.146 e. The van der Waals surface area contributed by atoms with Crippen molar-refractivity contribution in [1.82, 2.24) is 20.1 Å². The maximum absolute atomic E-state index is 4.89. The molecule has 0 radical (unpaired) electrons. The van der Waals surface area contributed by atoms with E-state index in [1.165, 1.54) is 0 Å². The van der Waals surface area contributed by atoms with Crippen molar-refractivity contribution in [2.24, 2.45) is 7.05 Å². The molecule has 1 aromatic rings. The fraction of sp³-hybridized carbons (Fsp3) is 0.714. The highest BCUT2D eigenvalue weighted by atomic mass is 16.5. The molecule has 0 saturated carbocycles. The second kappa shape index (κ2) is 4.84. The van der Waals surface area contributed by atoms with E-state index in [1.807, 2.05) is 11.6 Å². The van der Waals surface area contributed by atoms with E-state index in [-0.39, 0.29) is 0 Å². The van der Waals surface area contributed by atoms with Gasteiger partial charge in [-0.1, -0.05) is 0 Å². The Bertz CT molecular complexity index is 223. The summed E-state index contributed by atoms with van der Waals surface area (Å²) < 4.78 is 6.77. The molecule has 0 unspecified atom stereocenters. The summed E-state index contributed by atoms with van der Waals surface area (Å²) in [6.07, 6.45) is 1.69. The summed E-state index contributed by atoms with van der Waals surface area (Å²) >= 11 is 0. The van der Waals surface area contributed by atoms with Gasteiger partial charge in [0.15, 0.2) is 0 Å². The molecule has 0 aliphatic carbocycles. The average molecular weight is 170 g/mol. The van der Waals surface area contributed by atoms with E-state index in [0.717, 1.165) is 25.5 Å². The first-order valence-corrected chi connectivity index (χ1v) is 3.87. The van der Waals surface area contributed by atoms with Crippen LogP contribution in [0.5, 0.6) is 0 Å². The Kier molecular flexibility index (Phi) is 3.69. The summed E-state index contributed by atoms with van der Waals surface area (Å²) in [4.78, 5) is 0. The van der Waals surface area contributed by atoms with Crippen molar-refractivity contribution in [1.29, 1.82) is 0 Å². The summed E-state index contributed by atoms with van der Waals surface area (Å²) in [5.74, 6) is 0.936. The van der Waals surface area contributed by atoms with Gasteiger partial charge in [0.25, 0.3) is 0 Å².